The van der Waals surface area contributed by atoms with Gasteiger partial charge in [0.05, 0.1) is 18.8 Å². The molecule has 0 radical (unpaired) electrons. The van der Waals surface area contributed by atoms with Gasteiger partial charge >= 0.3 is 0 Å². The molecule has 12 rings (SSSR count). The predicted octanol–water partition coefficient (Wildman–Crippen LogP) is 5.17. The van der Waals surface area contributed by atoms with E-state index in [1.807, 2.05) is 36.4 Å². The first-order chi connectivity index (χ1) is 36.6. The Bertz CT molecular complexity index is 3370. The van der Waals surface area contributed by atoms with Crippen molar-refractivity contribution < 1.29 is 28.6 Å². The van der Waals surface area contributed by atoms with Crippen molar-refractivity contribution in [3.8, 4) is 52.0 Å². The van der Waals surface area contributed by atoms with E-state index in [4.69, 9.17) is 30.5 Å². The molecule has 0 saturated heterocycles. The van der Waals surface area contributed by atoms with Gasteiger partial charge in [-0.05, 0) is 109 Å². The molecule has 0 aliphatic carbocycles. The van der Waals surface area contributed by atoms with Gasteiger partial charge in [0.15, 0.2) is 17.3 Å². The summed E-state index contributed by atoms with van der Waals surface area (Å²) < 4.78 is 19.9. The highest BCUT2D eigenvalue weighted by atomic mass is 16.3. The molecule has 27 heteroatoms. The van der Waals surface area contributed by atoms with E-state index < -0.39 is 0 Å². The van der Waals surface area contributed by atoms with Crippen molar-refractivity contribution in [2.45, 2.75) is 19.3 Å². The van der Waals surface area contributed by atoms with Crippen LogP contribution in [0.3, 0.4) is 0 Å². The van der Waals surface area contributed by atoms with E-state index in [2.05, 4.69) is 76.1 Å². The van der Waals surface area contributed by atoms with Crippen LogP contribution in [0.5, 0.6) is 17.2 Å². The highest BCUT2D eigenvalue weighted by molar-refractivity contribution is 5.55. The van der Waals surface area contributed by atoms with Crippen LogP contribution < -0.4 is 33.2 Å². The lowest BCUT2D eigenvalue weighted by Crippen LogP contribution is -2.12. The number of fused-ring (bicyclic) bond motifs is 3. The van der Waals surface area contributed by atoms with Crippen LogP contribution in [0.2, 0.25) is 0 Å². The second kappa shape index (κ2) is 21.6. The average Bonchev–Trinajstić information content (AvgIpc) is 4.27. The van der Waals surface area contributed by atoms with Crippen LogP contribution in [-0.4, -0.2) is 109 Å². The van der Waals surface area contributed by atoms with Gasteiger partial charge in [-0.1, -0.05) is 36.4 Å². The average molecular weight is 1010 g/mol. The zero-order chi connectivity index (χ0) is 51.7. The number of phenolic OH excluding ortho intramolecular Hbond substituents is 3. The Kier molecular flexibility index (Phi) is 13.8. The Morgan fingerprint density at radius 1 is 0.373 bits per heavy atom. The fourth-order valence-corrected chi connectivity index (χ4v) is 7.13. The zero-order valence-electron chi connectivity index (χ0n) is 39.4. The minimum atomic E-state index is 0.183. The molecular weight excluding hydrogens is 967 g/mol. The maximum Gasteiger partial charge on any atom is 0.259 e. The molecule has 12 N–H and O–H groups in total. The topological polar surface area (TPSA) is 382 Å². The number of rotatable bonds is 15. The SMILES string of the molecule is Nc1nc(NCCc2ccc(O)cc2)nc2nc(-c3ccco3)nn12.Nc1nc(NCCc2ccc(O)cc2)nc2nc(-c3ccco3)nn12.Nc1nc(NCCc2ccc(O)cc2)nc2nc(-c3ccco3)nn12. The lowest BCUT2D eigenvalue weighted by Gasteiger charge is -2.06. The molecule has 0 spiro atoms. The molecule has 0 bridgehead atoms. The Hall–Kier alpha value is -10.9. The summed E-state index contributed by atoms with van der Waals surface area (Å²) in [4.78, 5) is 38.4. The number of nitrogen functional groups attached to an aromatic ring is 3. The van der Waals surface area contributed by atoms with Gasteiger partial charge in [0, 0.05) is 19.6 Å². The fraction of sp³-hybridized carbons (Fsp3) is 0.125. The van der Waals surface area contributed by atoms with Gasteiger partial charge in [-0.2, -0.15) is 58.4 Å². The van der Waals surface area contributed by atoms with Crippen LogP contribution in [0, 0.1) is 0 Å². The monoisotopic (exact) mass is 1010 g/mol. The summed E-state index contributed by atoms with van der Waals surface area (Å²) >= 11 is 0. The van der Waals surface area contributed by atoms with Crippen LogP contribution in [0.4, 0.5) is 35.7 Å². The van der Waals surface area contributed by atoms with Crippen LogP contribution in [0.25, 0.3) is 52.1 Å². The van der Waals surface area contributed by atoms with Crippen molar-refractivity contribution in [2.75, 3.05) is 52.8 Å². The lowest BCUT2D eigenvalue weighted by molar-refractivity contribution is 0.474. The number of aromatic nitrogens is 15. The van der Waals surface area contributed by atoms with Crippen LogP contribution in [0.1, 0.15) is 16.7 Å². The number of benzene rings is 3. The largest absolute Gasteiger partial charge is 0.508 e. The summed E-state index contributed by atoms with van der Waals surface area (Å²) in [6.45, 7) is 1.83. The van der Waals surface area contributed by atoms with Gasteiger partial charge in [0.1, 0.15) is 17.2 Å². The van der Waals surface area contributed by atoms with Crippen molar-refractivity contribution in [3.63, 3.8) is 0 Å². The number of furan rings is 3. The third-order valence-electron chi connectivity index (χ3n) is 10.8. The number of nitrogens with one attached hydrogen (secondary N) is 3. The molecule has 27 nitrogen and oxygen atoms in total. The maximum atomic E-state index is 9.29. The number of hydrogen-bond acceptors (Lipinski definition) is 24. The van der Waals surface area contributed by atoms with Gasteiger partial charge in [-0.25, -0.2) is 0 Å². The molecule has 0 atom stereocenters. The molecule has 0 fully saturated rings. The quantitative estimate of drug-likeness (QED) is 0.0639. The number of phenols is 3. The Morgan fingerprint density at radius 2 is 0.653 bits per heavy atom. The van der Waals surface area contributed by atoms with E-state index in [1.165, 1.54) is 13.5 Å². The number of aromatic hydroxyl groups is 3. The van der Waals surface area contributed by atoms with Gasteiger partial charge in [-0.15, -0.1) is 15.3 Å². The predicted molar refractivity (Wildman–Crippen MR) is 273 cm³/mol. The maximum absolute atomic E-state index is 9.29. The number of nitrogens with zero attached hydrogens (tertiary/aromatic N) is 15. The zero-order valence-corrected chi connectivity index (χ0v) is 39.4. The second-order valence-electron chi connectivity index (χ2n) is 16.1. The molecule has 9 heterocycles. The minimum Gasteiger partial charge on any atom is -0.508 e. The summed E-state index contributed by atoms with van der Waals surface area (Å²) in [7, 11) is 0. The van der Waals surface area contributed by atoms with Crippen molar-refractivity contribution in [1.82, 2.24) is 73.7 Å². The van der Waals surface area contributed by atoms with Crippen molar-refractivity contribution in [2.24, 2.45) is 0 Å². The Balaban J connectivity index is 0.000000128. The second-order valence-corrected chi connectivity index (χ2v) is 16.1. The van der Waals surface area contributed by atoms with Gasteiger partial charge in [0.2, 0.25) is 53.2 Å². The smallest absolute Gasteiger partial charge is 0.259 e. The lowest BCUT2D eigenvalue weighted by atomic mass is 10.1. The van der Waals surface area contributed by atoms with Crippen molar-refractivity contribution >= 4 is 53.0 Å². The molecule has 0 aliphatic rings. The molecule has 75 heavy (non-hydrogen) atoms. The molecule has 12 aromatic rings. The van der Waals surface area contributed by atoms with E-state index in [-0.39, 0.29) is 35.1 Å². The molecule has 0 saturated carbocycles. The number of anilines is 6. The standard InChI is InChI=1S/3C16H15N7O2/c3*17-14-20-15(18-8-7-10-3-5-11(24)6-4-10)21-16-19-13(22-23(14)16)12-2-1-9-25-12/h3*1-6,9,24H,7-8H2,(H3,17,18,19,20,21,22). The summed E-state index contributed by atoms with van der Waals surface area (Å²) in [5, 5.41) is 49.9. The third-order valence-corrected chi connectivity index (χ3v) is 10.8. The first-order valence-corrected chi connectivity index (χ1v) is 22.9. The molecule has 9 aromatic heterocycles. The van der Waals surface area contributed by atoms with Gasteiger partial charge < -0.3 is 61.7 Å². The van der Waals surface area contributed by atoms with Crippen LogP contribution in [-0.2, 0) is 19.3 Å². The molecule has 0 aliphatic heterocycles. The summed E-state index contributed by atoms with van der Waals surface area (Å²) in [5.74, 6) is 6.23. The van der Waals surface area contributed by atoms with Crippen molar-refractivity contribution in [3.05, 3.63) is 145 Å². The highest BCUT2D eigenvalue weighted by Gasteiger charge is 2.17. The van der Waals surface area contributed by atoms with Crippen LogP contribution in [0.15, 0.2) is 141 Å². The first kappa shape index (κ1) is 47.8. The number of hydrogen-bond donors (Lipinski definition) is 9. The van der Waals surface area contributed by atoms with Gasteiger partial charge in [-0.3, -0.25) is 0 Å². The van der Waals surface area contributed by atoms with Crippen LogP contribution >= 0.6 is 0 Å². The summed E-state index contributed by atoms with van der Waals surface area (Å²) in [5.41, 5.74) is 21.1. The first-order valence-electron chi connectivity index (χ1n) is 22.9. The molecule has 378 valence electrons. The van der Waals surface area contributed by atoms with Gasteiger partial charge in [0.25, 0.3) is 17.3 Å². The Labute approximate surface area is 422 Å². The molecule has 3 aromatic carbocycles. The van der Waals surface area contributed by atoms with E-state index in [0.717, 1.165) is 36.0 Å². The molecular formula is C48H45N21O6. The van der Waals surface area contributed by atoms with E-state index in [9.17, 15) is 15.3 Å². The highest BCUT2D eigenvalue weighted by Crippen LogP contribution is 2.21. The van der Waals surface area contributed by atoms with Crippen molar-refractivity contribution in [1.29, 1.82) is 0 Å². The molecule has 0 amide bonds. The normalized spacial score (nSPS) is 11.0. The van der Waals surface area contributed by atoms with E-state index in [1.54, 1.807) is 91.6 Å². The Morgan fingerprint density at radius 3 is 0.907 bits per heavy atom. The third kappa shape index (κ3) is 11.7. The van der Waals surface area contributed by atoms with E-state index >= 15 is 0 Å². The fourth-order valence-electron chi connectivity index (χ4n) is 7.13. The molecule has 0 unspecified atom stereocenters. The van der Waals surface area contributed by atoms with E-state index in [0.29, 0.717) is 89.6 Å². The minimum absolute atomic E-state index is 0.183. The summed E-state index contributed by atoms with van der Waals surface area (Å²) in [6.07, 6.45) is 6.89. The summed E-state index contributed by atoms with van der Waals surface area (Å²) in [6, 6.07) is 31.7. The number of nitrogens with two attached hydrogens (primary N) is 3.